The molecule has 0 rings (SSSR count). The lowest BCUT2D eigenvalue weighted by molar-refractivity contribution is -0.887. The van der Waals surface area contributed by atoms with Crippen LogP contribution in [0, 0.1) is 0 Å². The molecule has 0 bridgehead atoms. The Kier molecular flexibility index (Phi) is 26.9. The van der Waals surface area contributed by atoms with Gasteiger partial charge in [-0.3, -0.25) is 9.59 Å². The monoisotopic (exact) mass is 624 g/mol. The largest absolute Gasteiger partial charge is 0.477 e. The molecule has 8 nitrogen and oxygen atoms in total. The van der Waals surface area contributed by atoms with Crippen LogP contribution in [-0.2, 0) is 28.6 Å². The van der Waals surface area contributed by atoms with Crippen LogP contribution in [0.1, 0.15) is 136 Å². The van der Waals surface area contributed by atoms with E-state index in [1.165, 1.54) is 70.6 Å². The smallest absolute Gasteiger partial charge is 0.362 e. The normalized spacial score (nSPS) is 13.4. The highest BCUT2D eigenvalue weighted by Crippen LogP contribution is 2.13. The molecule has 8 heteroatoms. The quantitative estimate of drug-likeness (QED) is 0.0372. The van der Waals surface area contributed by atoms with E-state index in [1.807, 2.05) is 28.1 Å². The minimum absolute atomic E-state index is 0.0570. The molecule has 0 radical (unpaired) electrons. The zero-order valence-corrected chi connectivity index (χ0v) is 28.9. The Morgan fingerprint density at radius 3 is 1.80 bits per heavy atom. The fourth-order valence-electron chi connectivity index (χ4n) is 4.86. The van der Waals surface area contributed by atoms with Crippen molar-refractivity contribution in [2.24, 2.45) is 0 Å². The van der Waals surface area contributed by atoms with Gasteiger partial charge >= 0.3 is 17.9 Å². The van der Waals surface area contributed by atoms with Crippen LogP contribution < -0.4 is 0 Å². The summed E-state index contributed by atoms with van der Waals surface area (Å²) in [5.74, 6) is -1.54. The van der Waals surface area contributed by atoms with E-state index in [2.05, 4.69) is 31.2 Å². The van der Waals surface area contributed by atoms with Gasteiger partial charge in [-0.2, -0.15) is 0 Å². The number of allylic oxidation sites excluding steroid dienone is 4. The number of nitrogens with zero attached hydrogens (tertiary/aromatic N) is 1. The van der Waals surface area contributed by atoms with Crippen LogP contribution in [0.5, 0.6) is 0 Å². The van der Waals surface area contributed by atoms with Gasteiger partial charge in [-0.05, 0) is 44.9 Å². The first-order valence-corrected chi connectivity index (χ1v) is 17.4. The van der Waals surface area contributed by atoms with E-state index in [4.69, 9.17) is 14.2 Å². The first-order valence-electron chi connectivity index (χ1n) is 17.4. The number of esters is 2. The van der Waals surface area contributed by atoms with Crippen LogP contribution in [0.25, 0.3) is 0 Å². The van der Waals surface area contributed by atoms with Crippen molar-refractivity contribution >= 4 is 17.9 Å². The molecule has 2 unspecified atom stereocenters. The maximum atomic E-state index is 12.5. The molecule has 0 aliphatic heterocycles. The van der Waals surface area contributed by atoms with Crippen LogP contribution in [0.15, 0.2) is 24.3 Å². The first-order chi connectivity index (χ1) is 21.1. The summed E-state index contributed by atoms with van der Waals surface area (Å²) < 4.78 is 16.8. The standard InChI is InChI=1S/C36H65NO7/c1-6-8-9-10-11-12-13-14-15-16-17-18-19-20-21-22-23-24-25-27-35(39)44-32(31-43-34(38)26-7-2)30-42-29-28-33(36(40)41)37(3,4)5/h11-12,14-15,32-33H,6-10,13,16-31H2,1-5H3/p+1/b12-11-,15-14-. The molecule has 0 aliphatic rings. The van der Waals surface area contributed by atoms with E-state index in [1.54, 1.807) is 0 Å². The first kappa shape index (κ1) is 41.8. The van der Waals surface area contributed by atoms with Gasteiger partial charge < -0.3 is 23.8 Å². The Morgan fingerprint density at radius 2 is 1.25 bits per heavy atom. The summed E-state index contributed by atoms with van der Waals surface area (Å²) in [6.45, 7) is 4.34. The van der Waals surface area contributed by atoms with E-state index in [-0.39, 0.29) is 36.2 Å². The molecule has 1 N–H and O–H groups in total. The van der Waals surface area contributed by atoms with Crippen LogP contribution in [0.2, 0.25) is 0 Å². The van der Waals surface area contributed by atoms with Crippen LogP contribution >= 0.6 is 0 Å². The van der Waals surface area contributed by atoms with Crippen molar-refractivity contribution in [3.8, 4) is 0 Å². The summed E-state index contributed by atoms with van der Waals surface area (Å²) in [5, 5.41) is 9.48. The molecule has 0 saturated heterocycles. The molecular formula is C36H66NO7+. The highest BCUT2D eigenvalue weighted by atomic mass is 16.6. The van der Waals surface area contributed by atoms with Gasteiger partial charge in [0.05, 0.1) is 34.4 Å². The Hall–Kier alpha value is -2.19. The average Bonchev–Trinajstić information content (AvgIpc) is 2.96. The molecule has 0 spiro atoms. The topological polar surface area (TPSA) is 99.1 Å². The molecule has 0 aromatic carbocycles. The van der Waals surface area contributed by atoms with Gasteiger partial charge in [0.15, 0.2) is 12.1 Å². The number of likely N-dealkylation sites (N-methyl/N-ethyl adjacent to an activating group) is 1. The van der Waals surface area contributed by atoms with Gasteiger partial charge in [-0.1, -0.05) is 95.9 Å². The second-order valence-electron chi connectivity index (χ2n) is 12.8. The van der Waals surface area contributed by atoms with E-state index < -0.39 is 18.1 Å². The van der Waals surface area contributed by atoms with E-state index in [0.29, 0.717) is 25.7 Å². The Morgan fingerprint density at radius 1 is 0.682 bits per heavy atom. The van der Waals surface area contributed by atoms with Crippen molar-refractivity contribution in [3.05, 3.63) is 24.3 Å². The maximum Gasteiger partial charge on any atom is 0.362 e. The molecule has 0 saturated carbocycles. The number of unbranched alkanes of at least 4 members (excludes halogenated alkanes) is 12. The minimum atomic E-state index is -0.881. The Labute approximate surface area is 269 Å². The number of carbonyl (C=O) groups excluding carboxylic acids is 2. The van der Waals surface area contributed by atoms with Crippen molar-refractivity contribution in [1.82, 2.24) is 0 Å². The van der Waals surface area contributed by atoms with Gasteiger partial charge in [-0.15, -0.1) is 0 Å². The number of rotatable bonds is 30. The van der Waals surface area contributed by atoms with Crippen molar-refractivity contribution in [2.45, 2.75) is 148 Å². The second kappa shape index (κ2) is 28.3. The van der Waals surface area contributed by atoms with Gasteiger partial charge in [0.25, 0.3) is 0 Å². The summed E-state index contributed by atoms with van der Waals surface area (Å²) >= 11 is 0. The summed E-state index contributed by atoms with van der Waals surface area (Å²) in [7, 11) is 5.48. The predicted molar refractivity (Wildman–Crippen MR) is 178 cm³/mol. The van der Waals surface area contributed by atoms with Gasteiger partial charge in [0, 0.05) is 19.3 Å². The molecule has 0 aromatic heterocycles. The highest BCUT2D eigenvalue weighted by molar-refractivity contribution is 5.72. The fraction of sp³-hybridized carbons (Fsp3) is 0.806. The lowest BCUT2D eigenvalue weighted by atomic mass is 10.1. The lowest BCUT2D eigenvalue weighted by Crippen LogP contribution is -2.50. The number of carboxylic acids is 1. The van der Waals surface area contributed by atoms with E-state index in [9.17, 15) is 19.5 Å². The highest BCUT2D eigenvalue weighted by Gasteiger charge is 2.31. The maximum absolute atomic E-state index is 12.5. The summed E-state index contributed by atoms with van der Waals surface area (Å²) in [6.07, 6.45) is 27.9. The zero-order chi connectivity index (χ0) is 32.9. The van der Waals surface area contributed by atoms with Crippen LogP contribution in [0.4, 0.5) is 0 Å². The molecule has 0 amide bonds. The molecule has 2 atom stereocenters. The fourth-order valence-corrected chi connectivity index (χ4v) is 4.86. The number of ether oxygens (including phenoxy) is 3. The van der Waals surface area contributed by atoms with E-state index >= 15 is 0 Å². The van der Waals surface area contributed by atoms with Crippen LogP contribution in [-0.4, -0.2) is 80.6 Å². The number of hydrogen-bond acceptors (Lipinski definition) is 6. The molecule has 256 valence electrons. The number of aliphatic carboxylic acids is 1. The molecule has 44 heavy (non-hydrogen) atoms. The van der Waals surface area contributed by atoms with Crippen molar-refractivity contribution < 1.29 is 38.2 Å². The number of carbonyl (C=O) groups is 3. The van der Waals surface area contributed by atoms with E-state index in [0.717, 1.165) is 25.7 Å². The third-order valence-electron chi connectivity index (χ3n) is 7.57. The summed E-state index contributed by atoms with van der Waals surface area (Å²) in [4.78, 5) is 35.8. The lowest BCUT2D eigenvalue weighted by Gasteiger charge is -2.31. The zero-order valence-electron chi connectivity index (χ0n) is 28.9. The SMILES string of the molecule is CCCCC/C=C\C/C=C\CCCCCCCCCCCC(=O)OC(COCCC(C(=O)O)[N+](C)(C)C)COC(=O)CCC. The van der Waals surface area contributed by atoms with Gasteiger partial charge in [-0.25, -0.2) is 4.79 Å². The molecule has 0 heterocycles. The Balaban J connectivity index is 4.05. The molecular weight excluding hydrogens is 558 g/mol. The van der Waals surface area contributed by atoms with Crippen molar-refractivity contribution in [3.63, 3.8) is 0 Å². The number of hydrogen-bond donors (Lipinski definition) is 1. The Bertz CT molecular complexity index is 788. The number of quaternary nitrogens is 1. The number of carboxylic acid groups (broad SMARTS) is 1. The third kappa shape index (κ3) is 26.2. The summed E-state index contributed by atoms with van der Waals surface area (Å²) in [6, 6.07) is -0.608. The molecule has 0 aliphatic carbocycles. The van der Waals surface area contributed by atoms with Crippen molar-refractivity contribution in [2.75, 3.05) is 41.0 Å². The minimum Gasteiger partial charge on any atom is -0.477 e. The third-order valence-corrected chi connectivity index (χ3v) is 7.57. The van der Waals surface area contributed by atoms with Crippen LogP contribution in [0.3, 0.4) is 0 Å². The second-order valence-corrected chi connectivity index (χ2v) is 12.8. The predicted octanol–water partition coefficient (Wildman–Crippen LogP) is 8.18. The summed E-state index contributed by atoms with van der Waals surface area (Å²) in [5.41, 5.74) is 0. The van der Waals surface area contributed by atoms with Gasteiger partial charge in [0.1, 0.15) is 6.61 Å². The van der Waals surface area contributed by atoms with Gasteiger partial charge in [0.2, 0.25) is 0 Å². The van der Waals surface area contributed by atoms with Crippen molar-refractivity contribution in [1.29, 1.82) is 0 Å². The molecule has 0 aromatic rings. The average molecular weight is 625 g/mol. The molecule has 0 fully saturated rings.